The van der Waals surface area contributed by atoms with Gasteiger partial charge in [0.25, 0.3) is 0 Å². The third-order valence-electron chi connectivity index (χ3n) is 2.72. The van der Waals surface area contributed by atoms with E-state index >= 15 is 0 Å². The average Bonchev–Trinajstić information content (AvgIpc) is 2.81. The summed E-state index contributed by atoms with van der Waals surface area (Å²) in [5, 5.41) is 8.92. The zero-order valence-corrected chi connectivity index (χ0v) is 13.0. The molecule has 1 aliphatic rings. The summed E-state index contributed by atoms with van der Waals surface area (Å²) in [6, 6.07) is 3.87. The summed E-state index contributed by atoms with van der Waals surface area (Å²) in [5.74, 6) is 0.527. The second-order valence-corrected chi connectivity index (χ2v) is 7.82. The number of carbonyl (C=O) groups is 1. The fourth-order valence-electron chi connectivity index (χ4n) is 1.75. The van der Waals surface area contributed by atoms with Gasteiger partial charge in [0.05, 0.1) is 10.5 Å². The van der Waals surface area contributed by atoms with Crippen LogP contribution in [0.15, 0.2) is 27.6 Å². The maximum absolute atomic E-state index is 12.2. The molecule has 1 unspecified atom stereocenters. The lowest BCUT2D eigenvalue weighted by Gasteiger charge is -2.13. The van der Waals surface area contributed by atoms with Gasteiger partial charge in [-0.3, -0.25) is 0 Å². The Labute approximate surface area is 124 Å². The third kappa shape index (κ3) is 3.50. The number of rotatable bonds is 4. The number of benzene rings is 1. The van der Waals surface area contributed by atoms with Crippen LogP contribution < -0.4 is 4.72 Å². The monoisotopic (exact) mass is 365 g/mol. The fourth-order valence-corrected chi connectivity index (χ4v) is 5.27. The van der Waals surface area contributed by atoms with E-state index in [1.54, 1.807) is 11.8 Å². The predicted octanol–water partition coefficient (Wildman–Crippen LogP) is 1.93. The number of hydrogen-bond donors (Lipinski definition) is 2. The van der Waals surface area contributed by atoms with E-state index in [4.69, 9.17) is 5.11 Å². The molecule has 0 bridgehead atoms. The molecule has 1 aliphatic heterocycles. The minimum atomic E-state index is -3.70. The van der Waals surface area contributed by atoms with Gasteiger partial charge in [-0.2, -0.15) is 11.8 Å². The molecule has 0 radical (unpaired) electrons. The Bertz CT molecular complexity index is 597. The summed E-state index contributed by atoms with van der Waals surface area (Å²) < 4.78 is 27.4. The summed E-state index contributed by atoms with van der Waals surface area (Å²) in [7, 11) is -3.70. The van der Waals surface area contributed by atoms with Crippen molar-refractivity contribution in [2.75, 3.05) is 11.5 Å². The largest absolute Gasteiger partial charge is 0.478 e. The highest BCUT2D eigenvalue weighted by Crippen LogP contribution is 2.25. The van der Waals surface area contributed by atoms with Crippen LogP contribution in [0.1, 0.15) is 16.8 Å². The van der Waals surface area contributed by atoms with Crippen molar-refractivity contribution in [2.45, 2.75) is 17.4 Å². The van der Waals surface area contributed by atoms with Gasteiger partial charge in [0.1, 0.15) is 0 Å². The summed E-state index contributed by atoms with van der Waals surface area (Å²) >= 11 is 4.84. The van der Waals surface area contributed by atoms with Crippen LogP contribution >= 0.6 is 27.7 Å². The first kappa shape index (κ1) is 14.8. The minimum Gasteiger partial charge on any atom is -0.478 e. The van der Waals surface area contributed by atoms with Crippen LogP contribution in [0.4, 0.5) is 0 Å². The Morgan fingerprint density at radius 2 is 2.21 bits per heavy atom. The molecule has 0 amide bonds. The van der Waals surface area contributed by atoms with Crippen molar-refractivity contribution in [2.24, 2.45) is 0 Å². The zero-order valence-electron chi connectivity index (χ0n) is 9.80. The summed E-state index contributed by atoms with van der Waals surface area (Å²) in [6.07, 6.45) is 0.792. The van der Waals surface area contributed by atoms with Gasteiger partial charge in [-0.05, 0) is 46.3 Å². The van der Waals surface area contributed by atoms with Crippen molar-refractivity contribution < 1.29 is 18.3 Å². The highest BCUT2D eigenvalue weighted by molar-refractivity contribution is 9.10. The maximum Gasteiger partial charge on any atom is 0.335 e. The van der Waals surface area contributed by atoms with Gasteiger partial charge in [-0.1, -0.05) is 0 Å². The molecule has 104 valence electrons. The number of carboxylic acid groups (broad SMARTS) is 1. The summed E-state index contributed by atoms with van der Waals surface area (Å²) in [5.41, 5.74) is -0.0515. The van der Waals surface area contributed by atoms with Gasteiger partial charge in [0.2, 0.25) is 10.0 Å². The molecule has 1 saturated heterocycles. The molecule has 0 spiro atoms. The highest BCUT2D eigenvalue weighted by atomic mass is 79.9. The second kappa shape index (κ2) is 5.82. The van der Waals surface area contributed by atoms with Crippen molar-refractivity contribution in [3.05, 3.63) is 28.2 Å². The van der Waals surface area contributed by atoms with Crippen LogP contribution in [0, 0.1) is 0 Å². The van der Waals surface area contributed by atoms with Gasteiger partial charge >= 0.3 is 5.97 Å². The van der Waals surface area contributed by atoms with E-state index < -0.39 is 16.0 Å². The second-order valence-electron chi connectivity index (χ2n) is 4.13. The van der Waals surface area contributed by atoms with E-state index in [1.807, 2.05) is 0 Å². The smallest absolute Gasteiger partial charge is 0.335 e. The molecule has 8 heteroatoms. The quantitative estimate of drug-likeness (QED) is 0.851. The number of aromatic carboxylic acids is 1. The van der Waals surface area contributed by atoms with Gasteiger partial charge in [-0.15, -0.1) is 0 Å². The standard InChI is InChI=1S/C11H12BrNO4S2/c12-9-2-1-7(11(14)15)5-10(9)19(16,17)13-8-3-4-18-6-8/h1-2,5,8,13H,3-4,6H2,(H,14,15). The zero-order chi connectivity index (χ0) is 14.0. The fraction of sp³-hybridized carbons (Fsp3) is 0.364. The molecule has 0 aromatic heterocycles. The van der Waals surface area contributed by atoms with Crippen molar-refractivity contribution in [1.82, 2.24) is 4.72 Å². The molecular weight excluding hydrogens is 354 g/mol. The number of carboxylic acids is 1. The topological polar surface area (TPSA) is 83.5 Å². The predicted molar refractivity (Wildman–Crippen MR) is 77.2 cm³/mol. The first-order chi connectivity index (χ1) is 8.90. The lowest BCUT2D eigenvalue weighted by Crippen LogP contribution is -2.34. The first-order valence-electron chi connectivity index (χ1n) is 5.53. The highest BCUT2D eigenvalue weighted by Gasteiger charge is 2.25. The van der Waals surface area contributed by atoms with Crippen molar-refractivity contribution in [3.8, 4) is 0 Å². The normalized spacial score (nSPS) is 19.5. The van der Waals surface area contributed by atoms with Gasteiger partial charge in [0, 0.05) is 16.3 Å². The lowest BCUT2D eigenvalue weighted by atomic mass is 10.2. The van der Waals surface area contributed by atoms with Gasteiger partial charge in [0.15, 0.2) is 0 Å². The molecule has 2 rings (SSSR count). The third-order valence-corrected chi connectivity index (χ3v) is 6.40. The molecule has 1 atom stereocenters. The first-order valence-corrected chi connectivity index (χ1v) is 8.96. The molecule has 5 nitrogen and oxygen atoms in total. The number of thioether (sulfide) groups is 1. The van der Waals surface area contributed by atoms with E-state index in [0.29, 0.717) is 4.47 Å². The molecule has 0 aliphatic carbocycles. The Morgan fingerprint density at radius 1 is 1.47 bits per heavy atom. The van der Waals surface area contributed by atoms with Crippen molar-refractivity contribution >= 4 is 43.7 Å². The molecule has 1 aromatic rings. The summed E-state index contributed by atoms with van der Waals surface area (Å²) in [6.45, 7) is 0. The van der Waals surface area contributed by atoms with Crippen LogP contribution in [0.3, 0.4) is 0 Å². The van der Waals surface area contributed by atoms with Crippen LogP contribution in [0.5, 0.6) is 0 Å². The van der Waals surface area contributed by atoms with E-state index in [9.17, 15) is 13.2 Å². The van der Waals surface area contributed by atoms with E-state index in [0.717, 1.165) is 24.0 Å². The number of hydrogen-bond acceptors (Lipinski definition) is 4. The van der Waals surface area contributed by atoms with Crippen LogP contribution in [-0.2, 0) is 10.0 Å². The number of nitrogens with one attached hydrogen (secondary N) is 1. The van der Waals surface area contributed by atoms with E-state index in [2.05, 4.69) is 20.7 Å². The number of halogens is 1. The Kier molecular flexibility index (Phi) is 4.54. The Morgan fingerprint density at radius 3 is 2.79 bits per heavy atom. The summed E-state index contributed by atoms with van der Waals surface area (Å²) in [4.78, 5) is 10.9. The molecule has 19 heavy (non-hydrogen) atoms. The van der Waals surface area contributed by atoms with Crippen molar-refractivity contribution in [1.29, 1.82) is 0 Å². The van der Waals surface area contributed by atoms with E-state index in [1.165, 1.54) is 12.1 Å². The number of sulfonamides is 1. The molecule has 1 aromatic carbocycles. The molecule has 2 N–H and O–H groups in total. The van der Waals surface area contributed by atoms with E-state index in [-0.39, 0.29) is 16.5 Å². The Hall–Kier alpha value is -0.570. The SMILES string of the molecule is O=C(O)c1ccc(Br)c(S(=O)(=O)NC2CCSC2)c1. The molecular formula is C11H12BrNO4S2. The average molecular weight is 366 g/mol. The molecule has 0 saturated carbocycles. The maximum atomic E-state index is 12.2. The van der Waals surface area contributed by atoms with Crippen LogP contribution in [0.2, 0.25) is 0 Å². The minimum absolute atomic E-state index is 0.0377. The van der Waals surface area contributed by atoms with Gasteiger partial charge in [-0.25, -0.2) is 17.9 Å². The molecule has 1 fully saturated rings. The molecule has 1 heterocycles. The van der Waals surface area contributed by atoms with Crippen molar-refractivity contribution in [3.63, 3.8) is 0 Å². The van der Waals surface area contributed by atoms with Gasteiger partial charge < -0.3 is 5.11 Å². The Balaban J connectivity index is 2.33. The van der Waals surface area contributed by atoms with Crippen LogP contribution in [0.25, 0.3) is 0 Å². The van der Waals surface area contributed by atoms with Crippen LogP contribution in [-0.4, -0.2) is 37.0 Å². The lowest BCUT2D eigenvalue weighted by molar-refractivity contribution is 0.0696.